The molecule has 44 heavy (non-hydrogen) atoms. The topological polar surface area (TPSA) is 124 Å². The number of para-hydroxylation sites is 1. The monoisotopic (exact) mass is 631 g/mol. The average molecular weight is 632 g/mol. The second-order valence-electron chi connectivity index (χ2n) is 11.3. The zero-order valence-corrected chi connectivity index (χ0v) is 27.6. The minimum Gasteiger partial charge on any atom is -0.427 e. The van der Waals surface area contributed by atoms with Crippen molar-refractivity contribution in [2.75, 3.05) is 23.5 Å². The van der Waals surface area contributed by atoms with E-state index in [1.807, 2.05) is 41.2 Å². The summed E-state index contributed by atoms with van der Waals surface area (Å²) in [4.78, 5) is 45.9. The zero-order valence-electron chi connectivity index (χ0n) is 25.8. The highest BCUT2D eigenvalue weighted by Crippen LogP contribution is 2.39. The Morgan fingerprint density at radius 3 is 2.45 bits per heavy atom. The van der Waals surface area contributed by atoms with E-state index in [4.69, 9.17) is 14.5 Å². The van der Waals surface area contributed by atoms with Gasteiger partial charge in [-0.05, 0) is 48.7 Å². The van der Waals surface area contributed by atoms with Crippen LogP contribution < -0.4 is 15.4 Å². The van der Waals surface area contributed by atoms with Gasteiger partial charge < -0.3 is 20.1 Å². The largest absolute Gasteiger partial charge is 0.427 e. The fourth-order valence-electron chi connectivity index (χ4n) is 4.41. The van der Waals surface area contributed by atoms with E-state index >= 15 is 0 Å². The number of anilines is 2. The molecule has 0 fully saturated rings. The molecule has 0 bridgehead atoms. The molecule has 0 unspecified atom stereocenters. The number of imidazole rings is 1. The molecule has 2 heterocycles. The Labute approximate surface area is 262 Å². The van der Waals surface area contributed by atoms with Crippen molar-refractivity contribution in [2.24, 2.45) is 0 Å². The predicted molar refractivity (Wildman–Crippen MR) is 177 cm³/mol. The van der Waals surface area contributed by atoms with Gasteiger partial charge in [-0.15, -0.1) is 0 Å². The number of benzene rings is 2. The fraction of sp³-hybridized carbons (Fsp3) is 0.281. The maximum atomic E-state index is 13.4. The van der Waals surface area contributed by atoms with Gasteiger partial charge in [0.25, 0.3) is 5.91 Å². The van der Waals surface area contributed by atoms with Gasteiger partial charge in [0.2, 0.25) is 5.91 Å². The quantitative estimate of drug-likeness (QED) is 0.0576. The van der Waals surface area contributed by atoms with E-state index in [0.717, 1.165) is 22.5 Å². The van der Waals surface area contributed by atoms with Gasteiger partial charge in [-0.2, -0.15) is 0 Å². The lowest BCUT2D eigenvalue weighted by Gasteiger charge is -2.17. The highest BCUT2D eigenvalue weighted by Gasteiger charge is 2.23. The summed E-state index contributed by atoms with van der Waals surface area (Å²) in [6.07, 6.45) is 3.59. The molecule has 230 valence electrons. The highest BCUT2D eigenvalue weighted by atomic mass is 32.2. The molecule has 2 aromatic heterocycles. The number of aromatic nitrogens is 3. The third-order valence-corrected chi connectivity index (χ3v) is 8.84. The van der Waals surface area contributed by atoms with E-state index in [1.165, 1.54) is 31.7 Å². The maximum Gasteiger partial charge on any atom is 0.308 e. The third-order valence-electron chi connectivity index (χ3n) is 6.46. The first-order chi connectivity index (χ1) is 20.9. The van der Waals surface area contributed by atoms with Crippen LogP contribution in [0.5, 0.6) is 5.75 Å². The molecular formula is C32H37N5O5SSi. The number of carbonyl (C=O) groups excluding carboxylic acids is 3. The van der Waals surface area contributed by atoms with E-state index in [0.29, 0.717) is 34.9 Å². The first-order valence-electron chi connectivity index (χ1n) is 14.1. The zero-order chi connectivity index (χ0) is 31.9. The Hall–Kier alpha value is -4.26. The SMILES string of the molecule is CSc1nc(-c2ccccc2NC(=O)c2cccc(OC(C)=O)c2)c(-c2ccnc(NC(C)=O)c2)n1COCC[Si](C)(C)C. The minimum atomic E-state index is -1.30. The van der Waals surface area contributed by atoms with Gasteiger partial charge in [0.1, 0.15) is 18.3 Å². The van der Waals surface area contributed by atoms with Crippen LogP contribution in [0, 0.1) is 0 Å². The van der Waals surface area contributed by atoms with Gasteiger partial charge in [0, 0.05) is 51.4 Å². The lowest BCUT2D eigenvalue weighted by atomic mass is 10.0. The van der Waals surface area contributed by atoms with Crippen molar-refractivity contribution in [1.82, 2.24) is 14.5 Å². The van der Waals surface area contributed by atoms with Crippen molar-refractivity contribution in [3.63, 3.8) is 0 Å². The van der Waals surface area contributed by atoms with Gasteiger partial charge in [0.05, 0.1) is 17.1 Å². The molecule has 0 aliphatic heterocycles. The second kappa shape index (κ2) is 14.5. The predicted octanol–water partition coefficient (Wildman–Crippen LogP) is 6.78. The molecule has 4 aromatic rings. The van der Waals surface area contributed by atoms with Crippen LogP contribution in [-0.2, 0) is 21.1 Å². The Kier molecular flexibility index (Phi) is 10.7. The average Bonchev–Trinajstić information content (AvgIpc) is 3.33. The number of ether oxygens (including phenoxy) is 2. The lowest BCUT2D eigenvalue weighted by molar-refractivity contribution is -0.131. The number of esters is 1. The van der Waals surface area contributed by atoms with Gasteiger partial charge >= 0.3 is 5.97 Å². The van der Waals surface area contributed by atoms with Crippen LogP contribution >= 0.6 is 11.8 Å². The molecule has 0 saturated heterocycles. The normalized spacial score (nSPS) is 11.2. The van der Waals surface area contributed by atoms with E-state index < -0.39 is 14.0 Å². The van der Waals surface area contributed by atoms with Crippen molar-refractivity contribution < 1.29 is 23.9 Å². The molecule has 2 N–H and O–H groups in total. The Morgan fingerprint density at radius 2 is 1.75 bits per heavy atom. The second-order valence-corrected chi connectivity index (χ2v) is 17.7. The van der Waals surface area contributed by atoms with Crippen LogP contribution in [0.4, 0.5) is 11.5 Å². The summed E-state index contributed by atoms with van der Waals surface area (Å²) in [5, 5.41) is 6.49. The van der Waals surface area contributed by atoms with Crippen molar-refractivity contribution in [3.05, 3.63) is 72.4 Å². The number of rotatable bonds is 12. The number of pyridine rings is 1. The molecule has 0 saturated carbocycles. The minimum absolute atomic E-state index is 0.228. The van der Waals surface area contributed by atoms with E-state index in [-0.39, 0.29) is 24.3 Å². The molecule has 0 spiro atoms. The van der Waals surface area contributed by atoms with Crippen LogP contribution in [0.3, 0.4) is 0 Å². The molecule has 12 heteroatoms. The summed E-state index contributed by atoms with van der Waals surface area (Å²) in [5.74, 6) is -0.375. The summed E-state index contributed by atoms with van der Waals surface area (Å²) in [7, 11) is -1.30. The number of carbonyl (C=O) groups is 3. The van der Waals surface area contributed by atoms with Crippen LogP contribution in [-0.4, -0.2) is 53.3 Å². The van der Waals surface area contributed by atoms with Crippen LogP contribution in [0.15, 0.2) is 72.0 Å². The van der Waals surface area contributed by atoms with Gasteiger partial charge in [-0.3, -0.25) is 19.0 Å². The van der Waals surface area contributed by atoms with Gasteiger partial charge in [-0.25, -0.2) is 9.97 Å². The summed E-state index contributed by atoms with van der Waals surface area (Å²) < 4.78 is 13.4. The van der Waals surface area contributed by atoms with Crippen molar-refractivity contribution in [1.29, 1.82) is 0 Å². The number of hydrogen-bond acceptors (Lipinski definition) is 8. The number of hydrogen-bond donors (Lipinski definition) is 2. The molecule has 0 aliphatic rings. The molecule has 4 rings (SSSR count). The molecule has 0 aliphatic carbocycles. The molecule has 2 aromatic carbocycles. The smallest absolute Gasteiger partial charge is 0.308 e. The summed E-state index contributed by atoms with van der Waals surface area (Å²) in [6.45, 7) is 10.6. The fourth-order valence-corrected chi connectivity index (χ4v) is 5.71. The standard InChI is InChI=1S/C32H37N5O5SSi/c1-21(38)34-28-19-23(14-15-33-28)30-29(36-32(43-3)37(30)20-41-16-17-44(4,5)6)26-12-7-8-13-27(26)35-31(40)24-10-9-11-25(18-24)42-22(2)39/h7-15,18-19H,16-17,20H2,1-6H3,(H,35,40)(H,33,34,38). The van der Waals surface area contributed by atoms with Crippen LogP contribution in [0.2, 0.25) is 25.7 Å². The Morgan fingerprint density at radius 1 is 0.977 bits per heavy atom. The Bertz CT molecular complexity index is 1670. The number of nitrogens with one attached hydrogen (secondary N) is 2. The first kappa shape index (κ1) is 32.6. The molecule has 0 radical (unpaired) electrons. The number of thioether (sulfide) groups is 1. The van der Waals surface area contributed by atoms with Crippen molar-refractivity contribution >= 4 is 49.1 Å². The lowest BCUT2D eigenvalue weighted by Crippen LogP contribution is -2.22. The number of amides is 2. The van der Waals surface area contributed by atoms with Gasteiger partial charge in [-0.1, -0.05) is 55.7 Å². The van der Waals surface area contributed by atoms with E-state index in [9.17, 15) is 14.4 Å². The first-order valence-corrected chi connectivity index (χ1v) is 19.0. The molecule has 0 atom stereocenters. The molecule has 10 nitrogen and oxygen atoms in total. The third kappa shape index (κ3) is 8.65. The van der Waals surface area contributed by atoms with Crippen LogP contribution in [0.25, 0.3) is 22.5 Å². The summed E-state index contributed by atoms with van der Waals surface area (Å²) >= 11 is 1.49. The Balaban J connectivity index is 1.78. The van der Waals surface area contributed by atoms with Gasteiger partial charge in [0.15, 0.2) is 5.16 Å². The summed E-state index contributed by atoms with van der Waals surface area (Å²) in [6, 6.07) is 18.5. The van der Waals surface area contributed by atoms with E-state index in [1.54, 1.807) is 30.5 Å². The molecular weight excluding hydrogens is 595 g/mol. The van der Waals surface area contributed by atoms with Crippen molar-refractivity contribution in [2.45, 2.75) is 51.4 Å². The van der Waals surface area contributed by atoms with E-state index in [2.05, 4.69) is 35.3 Å². The number of nitrogens with zero attached hydrogens (tertiary/aromatic N) is 3. The maximum absolute atomic E-state index is 13.4. The van der Waals surface area contributed by atoms with Crippen LogP contribution in [0.1, 0.15) is 24.2 Å². The molecule has 2 amide bonds. The highest BCUT2D eigenvalue weighted by molar-refractivity contribution is 7.98. The van der Waals surface area contributed by atoms with Crippen molar-refractivity contribution in [3.8, 4) is 28.3 Å². The summed E-state index contributed by atoms with van der Waals surface area (Å²) in [5.41, 5.74) is 3.74.